The maximum Gasteiger partial charge on any atom is 0.281 e. The molecule has 1 N–H and O–H groups in total. The molecule has 1 fully saturated rings. The van der Waals surface area contributed by atoms with E-state index in [0.29, 0.717) is 19.5 Å². The van der Waals surface area contributed by atoms with Crippen molar-refractivity contribution < 1.29 is 14.0 Å². The van der Waals surface area contributed by atoms with Gasteiger partial charge in [0.2, 0.25) is 5.91 Å². The molecule has 1 aromatic heterocycles. The lowest BCUT2D eigenvalue weighted by molar-refractivity contribution is -0.121. The van der Waals surface area contributed by atoms with Gasteiger partial charge in [0.05, 0.1) is 12.0 Å². The molecule has 0 bridgehead atoms. The van der Waals surface area contributed by atoms with Crippen molar-refractivity contribution >= 4 is 34.7 Å². The summed E-state index contributed by atoms with van der Waals surface area (Å²) in [7, 11) is 0. The van der Waals surface area contributed by atoms with Crippen molar-refractivity contribution in [2.45, 2.75) is 12.2 Å². The smallest absolute Gasteiger partial charge is 0.281 e. The second-order valence-corrected chi connectivity index (χ2v) is 6.48. The summed E-state index contributed by atoms with van der Waals surface area (Å²) in [6, 6.07) is 3.81. The van der Waals surface area contributed by atoms with Crippen LogP contribution in [-0.2, 0) is 10.5 Å². The van der Waals surface area contributed by atoms with Crippen molar-refractivity contribution in [3.63, 3.8) is 0 Å². The first kappa shape index (κ1) is 15.3. The van der Waals surface area contributed by atoms with Crippen molar-refractivity contribution in [1.82, 2.24) is 10.2 Å². The average molecular weight is 314 g/mol. The van der Waals surface area contributed by atoms with Gasteiger partial charge >= 0.3 is 0 Å². The summed E-state index contributed by atoms with van der Waals surface area (Å²) in [4.78, 5) is 24.7. The summed E-state index contributed by atoms with van der Waals surface area (Å²) in [5.41, 5.74) is 0. The first-order chi connectivity index (χ1) is 9.75. The van der Waals surface area contributed by atoms with E-state index in [1.54, 1.807) is 22.9 Å². The molecule has 0 radical (unpaired) electrons. The van der Waals surface area contributed by atoms with Crippen LogP contribution in [0, 0.1) is 0 Å². The van der Waals surface area contributed by atoms with Gasteiger partial charge in [-0.1, -0.05) is 11.8 Å². The van der Waals surface area contributed by atoms with Crippen molar-refractivity contribution in [2.75, 3.05) is 31.1 Å². The van der Waals surface area contributed by atoms with E-state index in [1.807, 2.05) is 12.1 Å². The number of carbonyl (C=O) groups excluding carboxylic acids is 2. The number of hydrogen-bond donors (Lipinski definition) is 1. The molecule has 1 aromatic rings. The van der Waals surface area contributed by atoms with Gasteiger partial charge in [-0.2, -0.15) is 11.8 Å². The Morgan fingerprint density at radius 2 is 2.45 bits per heavy atom. The molecule has 2 rings (SSSR count). The van der Waals surface area contributed by atoms with E-state index in [2.05, 4.69) is 5.32 Å². The normalized spacial score (nSPS) is 14.8. The fourth-order valence-electron chi connectivity index (χ4n) is 1.78. The first-order valence-corrected chi connectivity index (χ1v) is 8.68. The Morgan fingerprint density at radius 3 is 3.15 bits per heavy atom. The van der Waals surface area contributed by atoms with E-state index >= 15 is 0 Å². The number of nitrogens with zero attached hydrogens (tertiary/aromatic N) is 1. The van der Waals surface area contributed by atoms with Crippen LogP contribution in [-0.4, -0.2) is 47.2 Å². The summed E-state index contributed by atoms with van der Waals surface area (Å²) in [5, 5.41) is 2.96. The molecule has 0 spiro atoms. The number of hydrogen-bond acceptors (Lipinski definition) is 5. The molecule has 0 aromatic carbocycles. The first-order valence-electron chi connectivity index (χ1n) is 6.54. The predicted octanol–water partition coefficient (Wildman–Crippen LogP) is 2.19. The van der Waals surface area contributed by atoms with Crippen LogP contribution in [0.25, 0.3) is 0 Å². The van der Waals surface area contributed by atoms with Crippen molar-refractivity contribution in [3.8, 4) is 0 Å². The van der Waals surface area contributed by atoms with Gasteiger partial charge in [-0.05, 0) is 12.1 Å². The highest BCUT2D eigenvalue weighted by molar-refractivity contribution is 8.13. The van der Waals surface area contributed by atoms with E-state index < -0.39 is 0 Å². The highest BCUT2D eigenvalue weighted by Crippen LogP contribution is 2.17. The number of rotatable bonds is 8. The summed E-state index contributed by atoms with van der Waals surface area (Å²) in [5.74, 6) is 3.47. The fraction of sp³-hybridized carbons (Fsp3) is 0.538. The van der Waals surface area contributed by atoms with Gasteiger partial charge < -0.3 is 14.6 Å². The second kappa shape index (κ2) is 8.26. The van der Waals surface area contributed by atoms with Crippen LogP contribution < -0.4 is 5.32 Å². The Bertz CT molecular complexity index is 437. The molecule has 0 unspecified atom stereocenters. The third-order valence-corrected chi connectivity index (χ3v) is 4.72. The maximum atomic E-state index is 11.6. The Balaban J connectivity index is 1.48. The van der Waals surface area contributed by atoms with Gasteiger partial charge in [0.15, 0.2) is 0 Å². The molecule has 0 atom stereocenters. The Kier molecular flexibility index (Phi) is 6.32. The molecule has 2 amide bonds. The van der Waals surface area contributed by atoms with Gasteiger partial charge in [-0.3, -0.25) is 9.59 Å². The van der Waals surface area contributed by atoms with Crippen molar-refractivity contribution in [3.05, 3.63) is 24.2 Å². The molecule has 7 heteroatoms. The fourth-order valence-corrected chi connectivity index (χ4v) is 3.39. The SMILES string of the molecule is O=C(CCN1CCSC1=O)NCCSCc1ccco1. The van der Waals surface area contributed by atoms with E-state index in [4.69, 9.17) is 4.42 Å². The molecule has 0 saturated carbocycles. The van der Waals surface area contributed by atoms with Crippen molar-refractivity contribution in [1.29, 1.82) is 0 Å². The topological polar surface area (TPSA) is 62.6 Å². The van der Waals surface area contributed by atoms with Gasteiger partial charge in [0, 0.05) is 37.6 Å². The molecule has 1 aliphatic rings. The van der Waals surface area contributed by atoms with Crippen molar-refractivity contribution in [2.24, 2.45) is 0 Å². The lowest BCUT2D eigenvalue weighted by atomic mass is 10.3. The van der Waals surface area contributed by atoms with E-state index in [0.717, 1.165) is 29.6 Å². The lowest BCUT2D eigenvalue weighted by Gasteiger charge is -2.13. The van der Waals surface area contributed by atoms with E-state index in [-0.39, 0.29) is 11.1 Å². The number of nitrogens with one attached hydrogen (secondary N) is 1. The van der Waals surface area contributed by atoms with Crippen LogP contribution in [0.2, 0.25) is 0 Å². The minimum Gasteiger partial charge on any atom is -0.468 e. The van der Waals surface area contributed by atoms with Gasteiger partial charge in [0.1, 0.15) is 5.76 Å². The molecule has 5 nitrogen and oxygen atoms in total. The van der Waals surface area contributed by atoms with Crippen LogP contribution in [0.5, 0.6) is 0 Å². The van der Waals surface area contributed by atoms with Crippen LogP contribution in [0.3, 0.4) is 0 Å². The van der Waals surface area contributed by atoms with Gasteiger partial charge in [-0.25, -0.2) is 0 Å². The zero-order valence-corrected chi connectivity index (χ0v) is 12.8. The minimum absolute atomic E-state index is 0.00768. The number of furan rings is 1. The highest BCUT2D eigenvalue weighted by atomic mass is 32.2. The van der Waals surface area contributed by atoms with E-state index in [1.165, 1.54) is 11.8 Å². The third-order valence-electron chi connectivity index (χ3n) is 2.85. The van der Waals surface area contributed by atoms with Gasteiger partial charge in [-0.15, -0.1) is 0 Å². The second-order valence-electron chi connectivity index (χ2n) is 4.33. The lowest BCUT2D eigenvalue weighted by Crippen LogP contribution is -2.31. The van der Waals surface area contributed by atoms with Crippen LogP contribution in [0.1, 0.15) is 12.2 Å². The molecule has 110 valence electrons. The van der Waals surface area contributed by atoms with Crippen LogP contribution in [0.4, 0.5) is 4.79 Å². The van der Waals surface area contributed by atoms with Gasteiger partial charge in [0.25, 0.3) is 5.24 Å². The molecular formula is C13H18N2O3S2. The van der Waals surface area contributed by atoms with E-state index in [9.17, 15) is 9.59 Å². The molecule has 2 heterocycles. The standard InChI is InChI=1S/C13H18N2O3S2/c16-12(3-5-15-6-9-20-13(15)17)14-4-8-19-10-11-2-1-7-18-11/h1-2,7H,3-6,8-10H2,(H,14,16). The Hall–Kier alpha value is -1.08. The summed E-state index contributed by atoms with van der Waals surface area (Å²) in [6.45, 7) is 1.93. The number of carbonyl (C=O) groups is 2. The summed E-state index contributed by atoms with van der Waals surface area (Å²) < 4.78 is 5.22. The molecular weight excluding hydrogens is 296 g/mol. The average Bonchev–Trinajstić information content (AvgIpc) is 3.08. The zero-order chi connectivity index (χ0) is 14.2. The largest absolute Gasteiger partial charge is 0.468 e. The predicted molar refractivity (Wildman–Crippen MR) is 81.9 cm³/mol. The maximum absolute atomic E-state index is 11.6. The van der Waals surface area contributed by atoms with Crippen LogP contribution >= 0.6 is 23.5 Å². The third kappa shape index (κ3) is 5.13. The minimum atomic E-state index is 0.00768. The zero-order valence-electron chi connectivity index (χ0n) is 11.2. The summed E-state index contributed by atoms with van der Waals surface area (Å²) in [6.07, 6.45) is 2.05. The Morgan fingerprint density at radius 1 is 1.55 bits per heavy atom. The summed E-state index contributed by atoms with van der Waals surface area (Å²) >= 11 is 3.04. The highest BCUT2D eigenvalue weighted by Gasteiger charge is 2.21. The molecule has 1 saturated heterocycles. The molecule has 1 aliphatic heterocycles. The molecule has 0 aliphatic carbocycles. The Labute approximate surface area is 126 Å². The monoisotopic (exact) mass is 314 g/mol. The number of amides is 2. The number of thioether (sulfide) groups is 2. The van der Waals surface area contributed by atoms with Crippen LogP contribution in [0.15, 0.2) is 22.8 Å². The molecule has 20 heavy (non-hydrogen) atoms. The quantitative estimate of drug-likeness (QED) is 0.745.